The van der Waals surface area contributed by atoms with Crippen molar-refractivity contribution in [2.45, 2.75) is 23.8 Å². The molecule has 6 heteroatoms. The van der Waals surface area contributed by atoms with E-state index in [0.29, 0.717) is 15.5 Å². The Kier molecular flexibility index (Phi) is 4.01. The van der Waals surface area contributed by atoms with Gasteiger partial charge < -0.3 is 5.11 Å². The van der Waals surface area contributed by atoms with Crippen molar-refractivity contribution in [1.29, 1.82) is 5.26 Å². The number of hydrogen-bond donors (Lipinski definition) is 1. The monoisotopic (exact) mass is 285 g/mol. The Labute approximate surface area is 120 Å². The van der Waals surface area contributed by atoms with E-state index in [2.05, 4.69) is 16.0 Å². The highest BCUT2D eigenvalue weighted by Crippen LogP contribution is 2.30. The first kappa shape index (κ1) is 14.0. The number of aromatic nitrogens is 2. The molecule has 0 amide bonds. The zero-order valence-corrected chi connectivity index (χ0v) is 11.7. The molecule has 2 aromatic heterocycles. The summed E-state index contributed by atoms with van der Waals surface area (Å²) in [4.78, 5) is 19.7. The average molecular weight is 285 g/mol. The van der Waals surface area contributed by atoms with Gasteiger partial charge in [0.25, 0.3) is 0 Å². The molecule has 0 spiro atoms. The van der Waals surface area contributed by atoms with Crippen LogP contribution >= 0.6 is 11.8 Å². The Morgan fingerprint density at radius 3 is 2.80 bits per heavy atom. The van der Waals surface area contributed by atoms with Gasteiger partial charge in [-0.25, -0.2) is 14.8 Å². The first-order valence-corrected chi connectivity index (χ1v) is 6.58. The zero-order valence-electron chi connectivity index (χ0n) is 10.9. The molecule has 0 bridgehead atoms. The van der Waals surface area contributed by atoms with Gasteiger partial charge in [-0.15, -0.1) is 0 Å². The maximum atomic E-state index is 10.9. The Morgan fingerprint density at radius 1 is 1.40 bits per heavy atom. The van der Waals surface area contributed by atoms with Gasteiger partial charge in [-0.05, 0) is 37.6 Å². The topological polar surface area (TPSA) is 86.9 Å². The van der Waals surface area contributed by atoms with Crippen molar-refractivity contribution >= 4 is 17.7 Å². The van der Waals surface area contributed by atoms with Gasteiger partial charge in [-0.3, -0.25) is 0 Å². The summed E-state index contributed by atoms with van der Waals surface area (Å²) in [6, 6.07) is 7.14. The molecule has 5 nitrogen and oxygen atoms in total. The quantitative estimate of drug-likeness (QED) is 0.933. The lowest BCUT2D eigenvalue weighted by Crippen LogP contribution is -1.99. The lowest BCUT2D eigenvalue weighted by atomic mass is 10.1. The summed E-state index contributed by atoms with van der Waals surface area (Å²) in [7, 11) is 0. The van der Waals surface area contributed by atoms with E-state index >= 15 is 0 Å². The number of carboxylic acids is 1. The Hall–Kier alpha value is -2.39. The van der Waals surface area contributed by atoms with E-state index in [1.54, 1.807) is 6.07 Å². The Balaban J connectivity index is 2.42. The van der Waals surface area contributed by atoms with Crippen LogP contribution < -0.4 is 0 Å². The average Bonchev–Trinajstić information content (AvgIpc) is 2.38. The SMILES string of the molecule is Cc1cc(C)c(C#N)c(Sc2ccnc(C(=O)O)c2)n1. The minimum Gasteiger partial charge on any atom is -0.477 e. The van der Waals surface area contributed by atoms with Gasteiger partial charge in [0.1, 0.15) is 16.8 Å². The fraction of sp³-hybridized carbons (Fsp3) is 0.143. The smallest absolute Gasteiger partial charge is 0.354 e. The molecule has 0 unspecified atom stereocenters. The zero-order chi connectivity index (χ0) is 14.7. The van der Waals surface area contributed by atoms with Crippen molar-refractivity contribution in [3.05, 3.63) is 46.9 Å². The van der Waals surface area contributed by atoms with Crippen LogP contribution in [0.15, 0.2) is 34.3 Å². The van der Waals surface area contributed by atoms with Gasteiger partial charge in [0, 0.05) is 16.8 Å². The van der Waals surface area contributed by atoms with E-state index < -0.39 is 5.97 Å². The lowest BCUT2D eigenvalue weighted by molar-refractivity contribution is 0.0690. The molecule has 0 saturated heterocycles. The van der Waals surface area contributed by atoms with Gasteiger partial charge in [0.05, 0.1) is 5.56 Å². The van der Waals surface area contributed by atoms with E-state index in [1.165, 1.54) is 24.0 Å². The molecule has 0 aromatic carbocycles. The third-order valence-corrected chi connectivity index (χ3v) is 3.57. The minimum absolute atomic E-state index is 0.0297. The predicted molar refractivity (Wildman–Crippen MR) is 73.7 cm³/mol. The van der Waals surface area contributed by atoms with Crippen molar-refractivity contribution in [2.75, 3.05) is 0 Å². The maximum absolute atomic E-state index is 10.9. The number of pyridine rings is 2. The van der Waals surface area contributed by atoms with Crippen LogP contribution in [0.5, 0.6) is 0 Å². The number of aryl methyl sites for hydroxylation is 2. The van der Waals surface area contributed by atoms with Crippen LogP contribution in [-0.2, 0) is 0 Å². The third-order valence-electron chi connectivity index (χ3n) is 2.59. The molecule has 1 N–H and O–H groups in total. The molecule has 0 fully saturated rings. The number of carbonyl (C=O) groups is 1. The van der Waals surface area contributed by atoms with Crippen molar-refractivity contribution < 1.29 is 9.90 Å². The second kappa shape index (κ2) is 5.72. The summed E-state index contributed by atoms with van der Waals surface area (Å²) < 4.78 is 0. The highest BCUT2D eigenvalue weighted by Gasteiger charge is 2.12. The normalized spacial score (nSPS) is 10.1. The molecule has 0 aliphatic heterocycles. The van der Waals surface area contributed by atoms with Gasteiger partial charge >= 0.3 is 5.97 Å². The molecule has 100 valence electrons. The van der Waals surface area contributed by atoms with E-state index in [9.17, 15) is 10.1 Å². The number of rotatable bonds is 3. The van der Waals surface area contributed by atoms with Crippen LogP contribution in [0.2, 0.25) is 0 Å². The maximum Gasteiger partial charge on any atom is 0.354 e. The Bertz CT molecular complexity index is 723. The summed E-state index contributed by atoms with van der Waals surface area (Å²) in [5, 5.41) is 18.7. The predicted octanol–water partition coefficient (Wildman–Crippen LogP) is 2.81. The molecule has 0 radical (unpaired) electrons. The van der Waals surface area contributed by atoms with Crippen molar-refractivity contribution in [1.82, 2.24) is 9.97 Å². The highest BCUT2D eigenvalue weighted by atomic mass is 32.2. The van der Waals surface area contributed by atoms with Crippen molar-refractivity contribution in [3.63, 3.8) is 0 Å². The number of carboxylic acid groups (broad SMARTS) is 1. The third kappa shape index (κ3) is 2.95. The molecule has 2 aromatic rings. The summed E-state index contributed by atoms with van der Waals surface area (Å²) >= 11 is 1.26. The molecule has 0 atom stereocenters. The van der Waals surface area contributed by atoms with Crippen LogP contribution in [0.3, 0.4) is 0 Å². The number of nitriles is 1. The molecular weight excluding hydrogens is 274 g/mol. The number of hydrogen-bond acceptors (Lipinski definition) is 5. The number of aromatic carboxylic acids is 1. The van der Waals surface area contributed by atoms with E-state index in [4.69, 9.17) is 5.11 Å². The van der Waals surface area contributed by atoms with Crippen LogP contribution in [-0.4, -0.2) is 21.0 Å². The van der Waals surface area contributed by atoms with Gasteiger partial charge in [-0.1, -0.05) is 11.8 Å². The van der Waals surface area contributed by atoms with Crippen LogP contribution in [0.4, 0.5) is 0 Å². The summed E-state index contributed by atoms with van der Waals surface area (Å²) in [6.45, 7) is 3.71. The second-order valence-electron chi connectivity index (χ2n) is 4.16. The molecule has 0 aliphatic carbocycles. The molecule has 20 heavy (non-hydrogen) atoms. The van der Waals surface area contributed by atoms with E-state index in [0.717, 1.165) is 11.3 Å². The molecule has 0 aliphatic rings. The largest absolute Gasteiger partial charge is 0.477 e. The molecule has 2 heterocycles. The Morgan fingerprint density at radius 2 is 2.15 bits per heavy atom. The van der Waals surface area contributed by atoms with Crippen LogP contribution in [0.1, 0.15) is 27.3 Å². The number of nitrogens with zero attached hydrogens (tertiary/aromatic N) is 3. The summed E-state index contributed by atoms with van der Waals surface area (Å²) in [6.07, 6.45) is 1.43. The minimum atomic E-state index is -1.08. The van der Waals surface area contributed by atoms with Gasteiger partial charge in [0.15, 0.2) is 0 Å². The highest BCUT2D eigenvalue weighted by molar-refractivity contribution is 7.99. The lowest BCUT2D eigenvalue weighted by Gasteiger charge is -2.07. The fourth-order valence-electron chi connectivity index (χ4n) is 1.72. The second-order valence-corrected chi connectivity index (χ2v) is 5.22. The fourth-order valence-corrected chi connectivity index (χ4v) is 2.74. The summed E-state index contributed by atoms with van der Waals surface area (Å²) in [5.41, 5.74) is 2.15. The molecule has 0 saturated carbocycles. The summed E-state index contributed by atoms with van der Waals surface area (Å²) in [5.74, 6) is -1.08. The van der Waals surface area contributed by atoms with Crippen molar-refractivity contribution in [2.24, 2.45) is 0 Å². The van der Waals surface area contributed by atoms with E-state index in [-0.39, 0.29) is 5.69 Å². The van der Waals surface area contributed by atoms with Crippen LogP contribution in [0, 0.1) is 25.2 Å². The van der Waals surface area contributed by atoms with Gasteiger partial charge in [-0.2, -0.15) is 5.26 Å². The molecular formula is C14H11N3O2S. The molecule has 2 rings (SSSR count). The first-order valence-electron chi connectivity index (χ1n) is 5.77. The standard InChI is InChI=1S/C14H11N3O2S/c1-8-5-9(2)17-13(11(8)7-15)20-10-3-4-16-12(6-10)14(18)19/h3-6H,1-2H3,(H,18,19). The van der Waals surface area contributed by atoms with Crippen LogP contribution in [0.25, 0.3) is 0 Å². The first-order chi connectivity index (χ1) is 9.51. The van der Waals surface area contributed by atoms with E-state index in [1.807, 2.05) is 19.9 Å². The van der Waals surface area contributed by atoms with Crippen molar-refractivity contribution in [3.8, 4) is 6.07 Å². The van der Waals surface area contributed by atoms with Gasteiger partial charge in [0.2, 0.25) is 0 Å².